The first-order valence-electron chi connectivity index (χ1n) is 13.1. The summed E-state index contributed by atoms with van der Waals surface area (Å²) in [5.74, 6) is 0.0641. The summed E-state index contributed by atoms with van der Waals surface area (Å²) in [7, 11) is 1.83. The van der Waals surface area contributed by atoms with Crippen LogP contribution in [0, 0.1) is 6.92 Å². The minimum Gasteiger partial charge on any atom is -0.340 e. The summed E-state index contributed by atoms with van der Waals surface area (Å²) in [5, 5.41) is 3.46. The second-order valence-corrected chi connectivity index (χ2v) is 9.77. The Morgan fingerprint density at radius 1 is 1.03 bits per heavy atom. The SMILES string of the molecule is C/C=C(/CC1NCCN(C(Cc2ccccc2)CN(C)C(=O)c2ccccc2)C1=O)c1ccccc1C. The second kappa shape index (κ2) is 12.5. The van der Waals surface area contributed by atoms with E-state index in [9.17, 15) is 9.59 Å². The summed E-state index contributed by atoms with van der Waals surface area (Å²) < 4.78 is 0. The number of hydrogen-bond donors (Lipinski definition) is 1. The van der Waals surface area contributed by atoms with Crippen molar-refractivity contribution in [3.8, 4) is 0 Å². The van der Waals surface area contributed by atoms with Crippen molar-refractivity contribution in [1.82, 2.24) is 15.1 Å². The van der Waals surface area contributed by atoms with Crippen molar-refractivity contribution in [1.29, 1.82) is 0 Å². The van der Waals surface area contributed by atoms with Crippen molar-refractivity contribution in [3.05, 3.63) is 113 Å². The normalized spacial score (nSPS) is 16.9. The van der Waals surface area contributed by atoms with E-state index in [0.29, 0.717) is 31.5 Å². The van der Waals surface area contributed by atoms with E-state index in [1.807, 2.05) is 79.5 Å². The molecule has 2 atom stereocenters. The van der Waals surface area contributed by atoms with Gasteiger partial charge in [0.2, 0.25) is 5.91 Å². The van der Waals surface area contributed by atoms with Gasteiger partial charge in [0.15, 0.2) is 0 Å². The van der Waals surface area contributed by atoms with Crippen LogP contribution in [0.3, 0.4) is 0 Å². The molecule has 3 aromatic carbocycles. The van der Waals surface area contributed by atoms with Crippen LogP contribution in [0.1, 0.15) is 40.4 Å². The van der Waals surface area contributed by atoms with Gasteiger partial charge in [-0.15, -0.1) is 0 Å². The number of rotatable bonds is 9. The minimum atomic E-state index is -0.298. The lowest BCUT2D eigenvalue weighted by Gasteiger charge is -2.40. The average molecular weight is 496 g/mol. The zero-order chi connectivity index (χ0) is 26.2. The van der Waals surface area contributed by atoms with Crippen LogP contribution in [0.4, 0.5) is 0 Å². The fourth-order valence-corrected chi connectivity index (χ4v) is 5.17. The Kier molecular flexibility index (Phi) is 8.91. The maximum absolute atomic E-state index is 13.9. The van der Waals surface area contributed by atoms with E-state index in [2.05, 4.69) is 42.6 Å². The largest absolute Gasteiger partial charge is 0.340 e. The van der Waals surface area contributed by atoms with Crippen molar-refractivity contribution in [2.45, 2.75) is 38.8 Å². The number of piperazine rings is 1. The average Bonchev–Trinajstić information content (AvgIpc) is 2.93. The number of hydrogen-bond acceptors (Lipinski definition) is 3. The summed E-state index contributed by atoms with van der Waals surface area (Å²) in [4.78, 5) is 30.8. The second-order valence-electron chi connectivity index (χ2n) is 9.77. The quantitative estimate of drug-likeness (QED) is 0.456. The molecular formula is C32H37N3O2. The molecule has 1 aliphatic rings. The van der Waals surface area contributed by atoms with E-state index in [-0.39, 0.29) is 23.9 Å². The van der Waals surface area contributed by atoms with Crippen LogP contribution in [0.2, 0.25) is 0 Å². The van der Waals surface area contributed by atoms with E-state index in [1.165, 1.54) is 16.7 Å². The van der Waals surface area contributed by atoms with Gasteiger partial charge in [-0.05, 0) is 61.1 Å². The maximum Gasteiger partial charge on any atom is 0.253 e. The number of likely N-dealkylation sites (N-methyl/N-ethyl adjacent to an activating group) is 1. The molecule has 5 heteroatoms. The molecule has 1 aliphatic heterocycles. The molecule has 2 amide bonds. The Balaban J connectivity index is 1.55. The summed E-state index contributed by atoms with van der Waals surface area (Å²) in [6, 6.07) is 27.4. The zero-order valence-corrected chi connectivity index (χ0v) is 22.1. The predicted molar refractivity (Wildman–Crippen MR) is 150 cm³/mol. The number of carbonyl (C=O) groups excluding carboxylic acids is 2. The maximum atomic E-state index is 13.9. The summed E-state index contributed by atoms with van der Waals surface area (Å²) >= 11 is 0. The lowest BCUT2D eigenvalue weighted by Crippen LogP contribution is -2.60. The number of carbonyl (C=O) groups is 2. The monoisotopic (exact) mass is 495 g/mol. The van der Waals surface area contributed by atoms with Crippen LogP contribution in [0.15, 0.2) is 91.0 Å². The van der Waals surface area contributed by atoms with E-state index >= 15 is 0 Å². The Bertz CT molecular complexity index is 1220. The lowest BCUT2D eigenvalue weighted by molar-refractivity contribution is -0.138. The molecule has 0 bridgehead atoms. The third kappa shape index (κ3) is 6.55. The van der Waals surface area contributed by atoms with Crippen LogP contribution in [-0.2, 0) is 11.2 Å². The molecule has 3 aromatic rings. The molecular weight excluding hydrogens is 458 g/mol. The Labute approximate surface area is 220 Å². The van der Waals surface area contributed by atoms with Gasteiger partial charge < -0.3 is 15.1 Å². The van der Waals surface area contributed by atoms with Gasteiger partial charge in [-0.25, -0.2) is 0 Å². The highest BCUT2D eigenvalue weighted by atomic mass is 16.2. The van der Waals surface area contributed by atoms with Gasteiger partial charge in [0.25, 0.3) is 5.91 Å². The Morgan fingerprint density at radius 2 is 1.68 bits per heavy atom. The first-order chi connectivity index (χ1) is 18.0. The Morgan fingerprint density at radius 3 is 2.35 bits per heavy atom. The smallest absolute Gasteiger partial charge is 0.253 e. The number of amides is 2. The highest BCUT2D eigenvalue weighted by molar-refractivity contribution is 5.94. The van der Waals surface area contributed by atoms with Gasteiger partial charge in [-0.1, -0.05) is 78.9 Å². The summed E-state index contributed by atoms with van der Waals surface area (Å²) in [6.45, 7) is 5.96. The van der Waals surface area contributed by atoms with Crippen LogP contribution in [0.5, 0.6) is 0 Å². The highest BCUT2D eigenvalue weighted by Gasteiger charge is 2.34. The molecule has 192 valence electrons. The summed E-state index contributed by atoms with van der Waals surface area (Å²) in [6.07, 6.45) is 3.44. The van der Waals surface area contributed by atoms with Crippen LogP contribution in [0.25, 0.3) is 5.57 Å². The van der Waals surface area contributed by atoms with Crippen molar-refractivity contribution < 1.29 is 9.59 Å². The number of aryl methyl sites for hydroxylation is 1. The number of allylic oxidation sites excluding steroid dienone is 1. The molecule has 0 saturated carbocycles. The summed E-state index contributed by atoms with van der Waals surface area (Å²) in [5.41, 5.74) is 5.38. The van der Waals surface area contributed by atoms with Crippen LogP contribution in [-0.4, -0.2) is 60.4 Å². The molecule has 1 N–H and O–H groups in total. The minimum absolute atomic E-state index is 0.0337. The van der Waals surface area contributed by atoms with Gasteiger partial charge in [0, 0.05) is 32.2 Å². The van der Waals surface area contributed by atoms with Gasteiger partial charge >= 0.3 is 0 Å². The fourth-order valence-electron chi connectivity index (χ4n) is 5.17. The van der Waals surface area contributed by atoms with Gasteiger partial charge in [-0.2, -0.15) is 0 Å². The van der Waals surface area contributed by atoms with Crippen LogP contribution >= 0.6 is 0 Å². The Hall–Kier alpha value is -3.70. The molecule has 37 heavy (non-hydrogen) atoms. The lowest BCUT2D eigenvalue weighted by atomic mass is 9.93. The zero-order valence-electron chi connectivity index (χ0n) is 22.1. The van der Waals surface area contributed by atoms with E-state index in [0.717, 1.165) is 12.1 Å². The van der Waals surface area contributed by atoms with E-state index in [4.69, 9.17) is 0 Å². The number of benzene rings is 3. The van der Waals surface area contributed by atoms with E-state index < -0.39 is 0 Å². The first kappa shape index (κ1) is 26.4. The molecule has 1 fully saturated rings. The molecule has 0 spiro atoms. The molecule has 0 aliphatic carbocycles. The molecule has 0 radical (unpaired) electrons. The molecule has 0 aromatic heterocycles. The van der Waals surface area contributed by atoms with Gasteiger partial charge in [-0.3, -0.25) is 9.59 Å². The topological polar surface area (TPSA) is 52.6 Å². The molecule has 1 saturated heterocycles. The standard InChI is InChI=1S/C32H37N3O2/c1-4-26(29-18-12-11-13-24(29)2)22-30-32(37)35(20-19-33-30)28(21-25-14-7-5-8-15-25)23-34(3)31(36)27-16-9-6-10-17-27/h4-18,28,30,33H,19-23H2,1-3H3/b26-4-. The van der Waals surface area contributed by atoms with Gasteiger partial charge in [0.1, 0.15) is 0 Å². The molecule has 1 heterocycles. The third-order valence-electron chi connectivity index (χ3n) is 7.20. The van der Waals surface area contributed by atoms with Crippen molar-refractivity contribution in [2.24, 2.45) is 0 Å². The molecule has 4 rings (SSSR count). The van der Waals surface area contributed by atoms with Crippen molar-refractivity contribution >= 4 is 17.4 Å². The van der Waals surface area contributed by atoms with Crippen LogP contribution < -0.4 is 5.32 Å². The third-order valence-corrected chi connectivity index (χ3v) is 7.20. The van der Waals surface area contributed by atoms with Gasteiger partial charge in [0.05, 0.1) is 12.1 Å². The molecule has 5 nitrogen and oxygen atoms in total. The fraction of sp³-hybridized carbons (Fsp3) is 0.312. The first-order valence-corrected chi connectivity index (χ1v) is 13.1. The predicted octanol–water partition coefficient (Wildman–Crippen LogP) is 4.97. The number of nitrogens with one attached hydrogen (secondary N) is 1. The highest BCUT2D eigenvalue weighted by Crippen LogP contribution is 2.25. The van der Waals surface area contributed by atoms with Crippen molar-refractivity contribution in [3.63, 3.8) is 0 Å². The van der Waals surface area contributed by atoms with Crippen molar-refractivity contribution in [2.75, 3.05) is 26.7 Å². The van der Waals surface area contributed by atoms with E-state index in [1.54, 1.807) is 4.90 Å². The number of nitrogens with zero attached hydrogens (tertiary/aromatic N) is 2. The molecule has 2 unspecified atom stereocenters.